The molecule has 0 aliphatic carbocycles. The van der Waals surface area contributed by atoms with Crippen molar-refractivity contribution in [1.29, 1.82) is 0 Å². The zero-order valence-electron chi connectivity index (χ0n) is 14.8. The van der Waals surface area contributed by atoms with Gasteiger partial charge in [-0.1, -0.05) is 35.5 Å². The molecule has 3 rings (SSSR count). The molecule has 0 saturated carbocycles. The van der Waals surface area contributed by atoms with Crippen LogP contribution in [-0.4, -0.2) is 64.7 Å². The number of piperazine rings is 1. The summed E-state index contributed by atoms with van der Waals surface area (Å²) in [5.41, 5.74) is 0.879. The van der Waals surface area contributed by atoms with Gasteiger partial charge in [0.2, 0.25) is 17.6 Å². The Morgan fingerprint density at radius 3 is 2.50 bits per heavy atom. The van der Waals surface area contributed by atoms with Crippen LogP contribution in [0.2, 0.25) is 0 Å². The van der Waals surface area contributed by atoms with E-state index >= 15 is 0 Å². The van der Waals surface area contributed by atoms with E-state index in [2.05, 4.69) is 10.1 Å². The van der Waals surface area contributed by atoms with Crippen LogP contribution < -0.4 is 0 Å². The maximum absolute atomic E-state index is 12.4. The molecule has 138 valence electrons. The topological polar surface area (TPSA) is 88.8 Å². The molecular weight excluding hydrogens is 336 g/mol. The monoisotopic (exact) mass is 358 g/mol. The normalized spacial score (nSPS) is 14.3. The van der Waals surface area contributed by atoms with E-state index in [1.54, 1.807) is 16.7 Å². The van der Waals surface area contributed by atoms with E-state index in [1.165, 1.54) is 0 Å². The molecule has 0 unspecified atom stereocenters. The number of nitrogens with zero attached hydrogens (tertiary/aromatic N) is 4. The number of hydrogen-bond acceptors (Lipinski definition) is 6. The molecule has 1 aliphatic rings. The number of amides is 2. The van der Waals surface area contributed by atoms with Crippen molar-refractivity contribution < 1.29 is 18.8 Å². The molecule has 1 saturated heterocycles. The Bertz CT molecular complexity index is 739. The molecule has 0 atom stereocenters. The van der Waals surface area contributed by atoms with Gasteiger partial charge in [0, 0.05) is 44.6 Å². The largest absolute Gasteiger partial charge is 0.450 e. The predicted molar refractivity (Wildman–Crippen MR) is 93.2 cm³/mol. The van der Waals surface area contributed by atoms with Gasteiger partial charge in [0.1, 0.15) is 0 Å². The van der Waals surface area contributed by atoms with Crippen LogP contribution in [-0.2, 0) is 16.0 Å². The van der Waals surface area contributed by atoms with Crippen molar-refractivity contribution in [3.8, 4) is 11.4 Å². The first-order valence-electron chi connectivity index (χ1n) is 8.75. The van der Waals surface area contributed by atoms with Crippen LogP contribution in [0.15, 0.2) is 34.9 Å². The molecule has 8 heteroatoms. The first kappa shape index (κ1) is 17.9. The van der Waals surface area contributed by atoms with Crippen LogP contribution in [0.25, 0.3) is 11.4 Å². The van der Waals surface area contributed by atoms with Crippen molar-refractivity contribution in [2.45, 2.75) is 19.8 Å². The van der Waals surface area contributed by atoms with Crippen LogP contribution in [0.5, 0.6) is 0 Å². The summed E-state index contributed by atoms with van der Waals surface area (Å²) in [7, 11) is 0. The molecule has 0 N–H and O–H groups in total. The molecule has 0 bridgehead atoms. The van der Waals surface area contributed by atoms with Gasteiger partial charge < -0.3 is 19.1 Å². The lowest BCUT2D eigenvalue weighted by Crippen LogP contribution is -2.50. The standard InChI is InChI=1S/C18H22N4O4/c1-2-25-18(24)22-12-10-21(11-13-22)16(23)9-8-15-19-17(20-26-15)14-6-4-3-5-7-14/h3-7H,2,8-13H2,1H3. The fraction of sp³-hybridized carbons (Fsp3) is 0.444. The average molecular weight is 358 g/mol. The highest BCUT2D eigenvalue weighted by atomic mass is 16.6. The Labute approximate surface area is 151 Å². The lowest BCUT2D eigenvalue weighted by atomic mass is 10.2. The second-order valence-electron chi connectivity index (χ2n) is 5.94. The van der Waals surface area contributed by atoms with Gasteiger partial charge in [-0.25, -0.2) is 4.79 Å². The van der Waals surface area contributed by atoms with Gasteiger partial charge in [-0.2, -0.15) is 4.98 Å². The van der Waals surface area contributed by atoms with E-state index in [-0.39, 0.29) is 12.0 Å². The molecule has 0 spiro atoms. The van der Waals surface area contributed by atoms with Crippen molar-refractivity contribution in [2.75, 3.05) is 32.8 Å². The molecule has 26 heavy (non-hydrogen) atoms. The molecular formula is C18H22N4O4. The van der Waals surface area contributed by atoms with Crippen molar-refractivity contribution in [3.05, 3.63) is 36.2 Å². The summed E-state index contributed by atoms with van der Waals surface area (Å²) in [6, 6.07) is 9.55. The van der Waals surface area contributed by atoms with E-state index in [4.69, 9.17) is 9.26 Å². The molecule has 1 aliphatic heterocycles. The summed E-state index contributed by atoms with van der Waals surface area (Å²) in [5.74, 6) is 0.992. The lowest BCUT2D eigenvalue weighted by Gasteiger charge is -2.34. The maximum Gasteiger partial charge on any atom is 0.409 e. The average Bonchev–Trinajstić information content (AvgIpc) is 3.16. The Balaban J connectivity index is 1.46. The highest BCUT2D eigenvalue weighted by molar-refractivity contribution is 5.77. The van der Waals surface area contributed by atoms with Gasteiger partial charge in [-0.05, 0) is 6.92 Å². The summed E-state index contributed by atoms with van der Waals surface area (Å²) in [4.78, 5) is 31.7. The van der Waals surface area contributed by atoms with Gasteiger partial charge in [0.05, 0.1) is 6.61 Å². The predicted octanol–water partition coefficient (Wildman–Crippen LogP) is 1.97. The smallest absolute Gasteiger partial charge is 0.409 e. The van der Waals surface area contributed by atoms with E-state index in [0.29, 0.717) is 57.3 Å². The number of rotatable bonds is 5. The molecule has 2 amide bonds. The maximum atomic E-state index is 12.4. The molecule has 2 heterocycles. The third-order valence-electron chi connectivity index (χ3n) is 4.21. The second-order valence-corrected chi connectivity index (χ2v) is 5.94. The zero-order chi connectivity index (χ0) is 18.4. The summed E-state index contributed by atoms with van der Waals surface area (Å²) in [6.45, 7) is 4.13. The molecule has 8 nitrogen and oxygen atoms in total. The van der Waals surface area contributed by atoms with E-state index in [1.807, 2.05) is 30.3 Å². The number of ether oxygens (including phenoxy) is 1. The number of benzene rings is 1. The third kappa shape index (κ3) is 4.38. The van der Waals surface area contributed by atoms with Crippen molar-refractivity contribution >= 4 is 12.0 Å². The SMILES string of the molecule is CCOC(=O)N1CCN(C(=O)CCc2nc(-c3ccccc3)no2)CC1. The first-order chi connectivity index (χ1) is 12.7. The summed E-state index contributed by atoms with van der Waals surface area (Å²) in [5, 5.41) is 3.95. The first-order valence-corrected chi connectivity index (χ1v) is 8.75. The quantitative estimate of drug-likeness (QED) is 0.812. The number of aryl methyl sites for hydroxylation is 1. The van der Waals surface area contributed by atoms with Gasteiger partial charge in [-0.15, -0.1) is 0 Å². The fourth-order valence-corrected chi connectivity index (χ4v) is 2.79. The molecule has 1 fully saturated rings. The number of carbonyl (C=O) groups is 2. The molecule has 1 aromatic carbocycles. The Kier molecular flexibility index (Phi) is 5.83. The van der Waals surface area contributed by atoms with E-state index in [9.17, 15) is 9.59 Å². The Morgan fingerprint density at radius 2 is 1.81 bits per heavy atom. The van der Waals surface area contributed by atoms with Gasteiger partial charge in [0.15, 0.2) is 0 Å². The van der Waals surface area contributed by atoms with E-state index < -0.39 is 0 Å². The molecule has 1 aromatic heterocycles. The fourth-order valence-electron chi connectivity index (χ4n) is 2.79. The van der Waals surface area contributed by atoms with Crippen molar-refractivity contribution in [2.24, 2.45) is 0 Å². The van der Waals surface area contributed by atoms with Gasteiger partial charge >= 0.3 is 6.09 Å². The van der Waals surface area contributed by atoms with Gasteiger partial charge in [-0.3, -0.25) is 4.79 Å². The minimum atomic E-state index is -0.320. The summed E-state index contributed by atoms with van der Waals surface area (Å²) in [6.07, 6.45) is 0.381. The van der Waals surface area contributed by atoms with Crippen molar-refractivity contribution in [3.63, 3.8) is 0 Å². The van der Waals surface area contributed by atoms with Gasteiger partial charge in [0.25, 0.3) is 0 Å². The number of hydrogen-bond donors (Lipinski definition) is 0. The molecule has 0 radical (unpaired) electrons. The van der Waals surface area contributed by atoms with Crippen LogP contribution >= 0.6 is 0 Å². The van der Waals surface area contributed by atoms with E-state index in [0.717, 1.165) is 5.56 Å². The summed E-state index contributed by atoms with van der Waals surface area (Å²) < 4.78 is 10.2. The molecule has 2 aromatic rings. The van der Waals surface area contributed by atoms with Crippen molar-refractivity contribution in [1.82, 2.24) is 19.9 Å². The third-order valence-corrected chi connectivity index (χ3v) is 4.21. The number of aromatic nitrogens is 2. The number of carbonyl (C=O) groups excluding carboxylic acids is 2. The van der Waals surface area contributed by atoms with Crippen LogP contribution in [0.4, 0.5) is 4.79 Å². The Morgan fingerprint density at radius 1 is 1.12 bits per heavy atom. The van der Waals surface area contributed by atoms with Crippen LogP contribution in [0.3, 0.4) is 0 Å². The highest BCUT2D eigenvalue weighted by Gasteiger charge is 2.25. The second kappa shape index (κ2) is 8.46. The lowest BCUT2D eigenvalue weighted by molar-refractivity contribution is -0.132. The summed E-state index contributed by atoms with van der Waals surface area (Å²) >= 11 is 0. The Hall–Kier alpha value is -2.90. The minimum Gasteiger partial charge on any atom is -0.450 e. The minimum absolute atomic E-state index is 0.0213. The van der Waals surface area contributed by atoms with Crippen LogP contribution in [0, 0.1) is 0 Å². The zero-order valence-corrected chi connectivity index (χ0v) is 14.8. The highest BCUT2D eigenvalue weighted by Crippen LogP contribution is 2.16. The van der Waals surface area contributed by atoms with Crippen LogP contribution in [0.1, 0.15) is 19.2 Å².